The van der Waals surface area contributed by atoms with Crippen molar-refractivity contribution < 1.29 is 9.47 Å². The van der Waals surface area contributed by atoms with E-state index in [-0.39, 0.29) is 0 Å². The first-order chi connectivity index (χ1) is 7.26. The maximum atomic E-state index is 5.61. The summed E-state index contributed by atoms with van der Waals surface area (Å²) in [6.07, 6.45) is 0. The predicted molar refractivity (Wildman–Crippen MR) is 66.1 cm³/mol. The van der Waals surface area contributed by atoms with E-state index in [4.69, 9.17) is 9.47 Å². The lowest BCUT2D eigenvalue weighted by atomic mass is 10.2. The minimum atomic E-state index is 0.525. The molecule has 0 spiro atoms. The van der Waals surface area contributed by atoms with Crippen LogP contribution in [0.3, 0.4) is 0 Å². The summed E-state index contributed by atoms with van der Waals surface area (Å²) in [6.45, 7) is 5.55. The summed E-state index contributed by atoms with van der Waals surface area (Å²) in [5.74, 6) is 2.31. The standard InChI is InChI=1S/C12H17BrO2/c1-3-14-11-4-6-12(7-5-11)15-9-10(2)8-13/h4-7,10H,3,8-9H2,1-2H3. The third-order valence-electron chi connectivity index (χ3n) is 1.93. The van der Waals surface area contributed by atoms with Crippen LogP contribution in [0.25, 0.3) is 0 Å². The van der Waals surface area contributed by atoms with E-state index in [1.54, 1.807) is 0 Å². The van der Waals surface area contributed by atoms with E-state index in [1.165, 1.54) is 0 Å². The average molecular weight is 273 g/mol. The van der Waals surface area contributed by atoms with Gasteiger partial charge in [-0.05, 0) is 37.1 Å². The highest BCUT2D eigenvalue weighted by atomic mass is 79.9. The van der Waals surface area contributed by atoms with Gasteiger partial charge in [0.2, 0.25) is 0 Å². The Morgan fingerprint density at radius 2 is 1.67 bits per heavy atom. The number of ether oxygens (including phenoxy) is 2. The zero-order valence-electron chi connectivity index (χ0n) is 9.20. The second kappa shape index (κ2) is 6.72. The second-order valence-electron chi connectivity index (χ2n) is 3.47. The number of rotatable bonds is 6. The van der Waals surface area contributed by atoms with Crippen molar-refractivity contribution in [2.24, 2.45) is 5.92 Å². The number of alkyl halides is 1. The van der Waals surface area contributed by atoms with E-state index in [0.29, 0.717) is 12.5 Å². The van der Waals surface area contributed by atoms with Gasteiger partial charge in [-0.25, -0.2) is 0 Å². The summed E-state index contributed by atoms with van der Waals surface area (Å²) in [6, 6.07) is 7.73. The molecule has 0 aliphatic heterocycles. The van der Waals surface area contributed by atoms with Crippen molar-refractivity contribution in [1.82, 2.24) is 0 Å². The zero-order chi connectivity index (χ0) is 11.1. The molecule has 1 atom stereocenters. The summed E-state index contributed by atoms with van der Waals surface area (Å²) in [4.78, 5) is 0. The highest BCUT2D eigenvalue weighted by Crippen LogP contribution is 2.18. The Kier molecular flexibility index (Phi) is 5.54. The largest absolute Gasteiger partial charge is 0.494 e. The lowest BCUT2D eigenvalue weighted by Gasteiger charge is -2.10. The number of benzene rings is 1. The first-order valence-electron chi connectivity index (χ1n) is 5.18. The molecule has 0 amide bonds. The maximum Gasteiger partial charge on any atom is 0.119 e. The summed E-state index contributed by atoms with van der Waals surface area (Å²) >= 11 is 3.42. The van der Waals surface area contributed by atoms with Crippen LogP contribution in [0.15, 0.2) is 24.3 Å². The van der Waals surface area contributed by atoms with Gasteiger partial charge in [0.15, 0.2) is 0 Å². The van der Waals surface area contributed by atoms with Crippen LogP contribution in [0.5, 0.6) is 11.5 Å². The van der Waals surface area contributed by atoms with E-state index < -0.39 is 0 Å². The Hall–Kier alpha value is -0.700. The summed E-state index contributed by atoms with van der Waals surface area (Å²) in [7, 11) is 0. The molecule has 0 saturated carbocycles. The predicted octanol–water partition coefficient (Wildman–Crippen LogP) is 3.50. The van der Waals surface area contributed by atoms with E-state index in [9.17, 15) is 0 Å². The molecule has 15 heavy (non-hydrogen) atoms. The fourth-order valence-corrected chi connectivity index (χ4v) is 1.27. The molecule has 0 saturated heterocycles. The Bertz CT molecular complexity index is 271. The molecule has 0 aliphatic rings. The van der Waals surface area contributed by atoms with Gasteiger partial charge in [0.1, 0.15) is 11.5 Å². The van der Waals surface area contributed by atoms with E-state index >= 15 is 0 Å². The monoisotopic (exact) mass is 272 g/mol. The summed E-state index contributed by atoms with van der Waals surface area (Å²) in [5, 5.41) is 0.962. The molecule has 3 heteroatoms. The molecule has 0 aromatic heterocycles. The smallest absolute Gasteiger partial charge is 0.119 e. The minimum absolute atomic E-state index is 0.525. The number of hydrogen-bond donors (Lipinski definition) is 0. The summed E-state index contributed by atoms with van der Waals surface area (Å²) in [5.41, 5.74) is 0. The Morgan fingerprint density at radius 3 is 2.13 bits per heavy atom. The summed E-state index contributed by atoms with van der Waals surface area (Å²) < 4.78 is 11.0. The van der Waals surface area contributed by atoms with Crippen molar-refractivity contribution in [3.63, 3.8) is 0 Å². The lowest BCUT2D eigenvalue weighted by molar-refractivity contribution is 0.273. The highest BCUT2D eigenvalue weighted by Gasteiger charge is 2.01. The molecule has 2 nitrogen and oxygen atoms in total. The topological polar surface area (TPSA) is 18.5 Å². The van der Waals surface area contributed by atoms with Crippen LogP contribution < -0.4 is 9.47 Å². The van der Waals surface area contributed by atoms with Crippen LogP contribution in [-0.4, -0.2) is 18.5 Å². The minimum Gasteiger partial charge on any atom is -0.494 e. The fraction of sp³-hybridized carbons (Fsp3) is 0.500. The van der Waals surface area contributed by atoms with Gasteiger partial charge >= 0.3 is 0 Å². The Labute approximate surface area is 99.7 Å². The van der Waals surface area contributed by atoms with E-state index in [1.807, 2.05) is 31.2 Å². The van der Waals surface area contributed by atoms with Crippen molar-refractivity contribution in [3.05, 3.63) is 24.3 Å². The van der Waals surface area contributed by atoms with Crippen LogP contribution in [-0.2, 0) is 0 Å². The maximum absolute atomic E-state index is 5.61. The van der Waals surface area contributed by atoms with Gasteiger partial charge in [-0.1, -0.05) is 22.9 Å². The third-order valence-corrected chi connectivity index (χ3v) is 3.04. The van der Waals surface area contributed by atoms with E-state index in [0.717, 1.165) is 23.4 Å². The lowest BCUT2D eigenvalue weighted by Crippen LogP contribution is -2.09. The molecule has 0 N–H and O–H groups in total. The van der Waals surface area contributed by atoms with Gasteiger partial charge in [0, 0.05) is 5.33 Å². The van der Waals surface area contributed by atoms with Crippen LogP contribution in [0, 0.1) is 5.92 Å². The van der Waals surface area contributed by atoms with Crippen molar-refractivity contribution in [2.45, 2.75) is 13.8 Å². The quantitative estimate of drug-likeness (QED) is 0.738. The van der Waals surface area contributed by atoms with Crippen LogP contribution in [0.4, 0.5) is 0 Å². The van der Waals surface area contributed by atoms with Gasteiger partial charge in [-0.2, -0.15) is 0 Å². The molecule has 0 radical (unpaired) electrons. The molecule has 0 fully saturated rings. The van der Waals surface area contributed by atoms with Crippen molar-refractivity contribution in [1.29, 1.82) is 0 Å². The number of halogens is 1. The van der Waals surface area contributed by atoms with E-state index in [2.05, 4.69) is 22.9 Å². The van der Waals surface area contributed by atoms with Gasteiger partial charge in [-0.3, -0.25) is 0 Å². The molecule has 1 aromatic carbocycles. The zero-order valence-corrected chi connectivity index (χ0v) is 10.8. The molecular weight excluding hydrogens is 256 g/mol. The van der Waals surface area contributed by atoms with Gasteiger partial charge in [0.25, 0.3) is 0 Å². The van der Waals surface area contributed by atoms with Crippen molar-refractivity contribution in [3.8, 4) is 11.5 Å². The average Bonchev–Trinajstić information content (AvgIpc) is 2.28. The number of hydrogen-bond acceptors (Lipinski definition) is 2. The molecular formula is C12H17BrO2. The first kappa shape index (κ1) is 12.4. The van der Waals surface area contributed by atoms with Crippen LogP contribution >= 0.6 is 15.9 Å². The van der Waals surface area contributed by atoms with Gasteiger partial charge in [-0.15, -0.1) is 0 Å². The third kappa shape index (κ3) is 4.56. The van der Waals surface area contributed by atoms with Crippen molar-refractivity contribution in [2.75, 3.05) is 18.5 Å². The van der Waals surface area contributed by atoms with Crippen LogP contribution in [0.2, 0.25) is 0 Å². The Balaban J connectivity index is 2.42. The molecule has 1 rings (SSSR count). The molecule has 84 valence electrons. The first-order valence-corrected chi connectivity index (χ1v) is 6.30. The highest BCUT2D eigenvalue weighted by molar-refractivity contribution is 9.09. The van der Waals surface area contributed by atoms with Crippen molar-refractivity contribution >= 4 is 15.9 Å². The molecule has 1 aromatic rings. The Morgan fingerprint density at radius 1 is 1.13 bits per heavy atom. The van der Waals surface area contributed by atoms with Crippen LogP contribution in [0.1, 0.15) is 13.8 Å². The van der Waals surface area contributed by atoms with Gasteiger partial charge < -0.3 is 9.47 Å². The SMILES string of the molecule is CCOc1ccc(OCC(C)CBr)cc1. The normalized spacial score (nSPS) is 12.2. The fourth-order valence-electron chi connectivity index (χ4n) is 1.08. The molecule has 0 heterocycles. The molecule has 0 aliphatic carbocycles. The van der Waals surface area contributed by atoms with Gasteiger partial charge in [0.05, 0.1) is 13.2 Å². The molecule has 1 unspecified atom stereocenters. The second-order valence-corrected chi connectivity index (χ2v) is 4.12. The molecule has 0 bridgehead atoms.